The molecule has 0 aromatic heterocycles. The monoisotopic (exact) mass is 228 g/mol. The average Bonchev–Trinajstić information content (AvgIpc) is 2.90. The highest BCUT2D eigenvalue weighted by atomic mass is 32.2. The largest absolute Gasteiger partial charge is 0.378 e. The number of ether oxygens (including phenoxy) is 1. The highest BCUT2D eigenvalue weighted by Crippen LogP contribution is 2.28. The Morgan fingerprint density at radius 2 is 2.27 bits per heavy atom. The van der Waals surface area contributed by atoms with Crippen LogP contribution in [0, 0.1) is 0 Å². The number of hydrogen-bond donors (Lipinski definition) is 0. The third kappa shape index (κ3) is 3.49. The number of carbonyl (C=O) groups is 1. The topological polar surface area (TPSA) is 26.3 Å². The zero-order valence-corrected chi connectivity index (χ0v) is 10.1. The van der Waals surface area contributed by atoms with Crippen molar-refractivity contribution in [2.45, 2.75) is 56.3 Å². The van der Waals surface area contributed by atoms with Gasteiger partial charge in [-0.1, -0.05) is 0 Å². The number of ketones is 1. The van der Waals surface area contributed by atoms with Crippen molar-refractivity contribution in [2.75, 3.05) is 12.4 Å². The second kappa shape index (κ2) is 5.90. The van der Waals surface area contributed by atoms with Gasteiger partial charge in [-0.25, -0.2) is 0 Å². The Balaban J connectivity index is 1.58. The summed E-state index contributed by atoms with van der Waals surface area (Å²) in [6, 6.07) is 0. The summed E-state index contributed by atoms with van der Waals surface area (Å²) in [6.07, 6.45) is 8.09. The van der Waals surface area contributed by atoms with E-state index in [1.165, 1.54) is 25.0 Å². The minimum Gasteiger partial charge on any atom is -0.378 e. The average molecular weight is 228 g/mol. The van der Waals surface area contributed by atoms with Crippen LogP contribution in [0.4, 0.5) is 0 Å². The Morgan fingerprint density at radius 1 is 1.33 bits per heavy atom. The number of Topliss-reactive ketones (excluding diaryl/α,β-unsaturated/α-hetero) is 1. The summed E-state index contributed by atoms with van der Waals surface area (Å²) < 4.78 is 5.54. The van der Waals surface area contributed by atoms with Gasteiger partial charge in [-0.3, -0.25) is 4.79 Å². The molecule has 0 saturated carbocycles. The minimum absolute atomic E-state index is 0.328. The van der Waals surface area contributed by atoms with Crippen molar-refractivity contribution < 1.29 is 9.53 Å². The van der Waals surface area contributed by atoms with Gasteiger partial charge in [0.1, 0.15) is 5.78 Å². The first-order valence-electron chi connectivity index (χ1n) is 6.12. The van der Waals surface area contributed by atoms with Gasteiger partial charge in [0.05, 0.1) is 11.4 Å². The molecule has 0 bridgehead atoms. The van der Waals surface area contributed by atoms with Crippen LogP contribution in [-0.2, 0) is 9.53 Å². The van der Waals surface area contributed by atoms with E-state index in [9.17, 15) is 4.79 Å². The molecule has 15 heavy (non-hydrogen) atoms. The van der Waals surface area contributed by atoms with Crippen molar-refractivity contribution in [3.8, 4) is 0 Å². The number of hydrogen-bond acceptors (Lipinski definition) is 3. The summed E-state index contributed by atoms with van der Waals surface area (Å²) in [5.74, 6) is 1.66. The summed E-state index contributed by atoms with van der Waals surface area (Å²) in [7, 11) is 0. The lowest BCUT2D eigenvalue weighted by Gasteiger charge is -2.10. The van der Waals surface area contributed by atoms with E-state index in [-0.39, 0.29) is 0 Å². The highest BCUT2D eigenvalue weighted by molar-refractivity contribution is 8.00. The van der Waals surface area contributed by atoms with Crippen LogP contribution in [0.1, 0.15) is 44.9 Å². The molecule has 2 unspecified atom stereocenters. The smallest absolute Gasteiger partial charge is 0.145 e. The fourth-order valence-electron chi connectivity index (χ4n) is 2.37. The number of thioether (sulfide) groups is 1. The van der Waals surface area contributed by atoms with Crippen LogP contribution in [-0.4, -0.2) is 29.5 Å². The SMILES string of the molecule is O=C(CCCC1CCCO1)C1CCCS1. The molecule has 2 atom stereocenters. The molecule has 0 aromatic carbocycles. The molecule has 0 amide bonds. The summed E-state index contributed by atoms with van der Waals surface area (Å²) >= 11 is 1.85. The maximum absolute atomic E-state index is 11.8. The predicted octanol–water partition coefficient (Wildman–Crippen LogP) is 2.80. The van der Waals surface area contributed by atoms with Crippen LogP contribution < -0.4 is 0 Å². The molecule has 0 radical (unpaired) electrons. The second-order valence-corrected chi connectivity index (χ2v) is 5.81. The van der Waals surface area contributed by atoms with Gasteiger partial charge in [0, 0.05) is 13.0 Å². The minimum atomic E-state index is 0.328. The first-order valence-corrected chi connectivity index (χ1v) is 7.17. The van der Waals surface area contributed by atoms with Crippen molar-refractivity contribution in [3.63, 3.8) is 0 Å². The Morgan fingerprint density at radius 3 is 2.93 bits per heavy atom. The van der Waals surface area contributed by atoms with Gasteiger partial charge in [0.15, 0.2) is 0 Å². The third-order valence-electron chi connectivity index (χ3n) is 3.26. The van der Waals surface area contributed by atoms with Crippen LogP contribution >= 0.6 is 11.8 Å². The molecular weight excluding hydrogens is 208 g/mol. The lowest BCUT2D eigenvalue weighted by molar-refractivity contribution is -0.118. The fourth-order valence-corrected chi connectivity index (χ4v) is 3.62. The first-order chi connectivity index (χ1) is 7.36. The van der Waals surface area contributed by atoms with Crippen molar-refractivity contribution in [1.29, 1.82) is 0 Å². The normalized spacial score (nSPS) is 30.9. The summed E-state index contributed by atoms with van der Waals surface area (Å²) in [4.78, 5) is 11.8. The molecule has 2 fully saturated rings. The molecule has 2 aliphatic rings. The molecule has 0 aromatic rings. The van der Waals surface area contributed by atoms with Gasteiger partial charge >= 0.3 is 0 Å². The van der Waals surface area contributed by atoms with Gasteiger partial charge < -0.3 is 4.74 Å². The molecular formula is C12H20O2S. The van der Waals surface area contributed by atoms with E-state index in [2.05, 4.69) is 0 Å². The maximum atomic E-state index is 11.8. The maximum Gasteiger partial charge on any atom is 0.145 e. The van der Waals surface area contributed by atoms with Crippen LogP contribution in [0.15, 0.2) is 0 Å². The van der Waals surface area contributed by atoms with Crippen molar-refractivity contribution >= 4 is 17.5 Å². The Bertz CT molecular complexity index is 206. The van der Waals surface area contributed by atoms with Crippen molar-refractivity contribution in [1.82, 2.24) is 0 Å². The van der Waals surface area contributed by atoms with E-state index in [1.54, 1.807) is 0 Å². The molecule has 2 aliphatic heterocycles. The second-order valence-electron chi connectivity index (χ2n) is 4.50. The van der Waals surface area contributed by atoms with E-state index in [4.69, 9.17) is 4.74 Å². The van der Waals surface area contributed by atoms with E-state index in [0.29, 0.717) is 17.1 Å². The zero-order valence-electron chi connectivity index (χ0n) is 9.24. The Hall–Kier alpha value is -0.0200. The lowest BCUT2D eigenvalue weighted by Crippen LogP contribution is -2.14. The predicted molar refractivity (Wildman–Crippen MR) is 63.3 cm³/mol. The Kier molecular flexibility index (Phi) is 4.51. The summed E-state index contributed by atoms with van der Waals surface area (Å²) in [5, 5.41) is 0.328. The van der Waals surface area contributed by atoms with Crippen LogP contribution in [0.5, 0.6) is 0 Å². The third-order valence-corrected chi connectivity index (χ3v) is 4.69. The van der Waals surface area contributed by atoms with Crippen LogP contribution in [0.3, 0.4) is 0 Å². The van der Waals surface area contributed by atoms with Gasteiger partial charge in [0.2, 0.25) is 0 Å². The number of carbonyl (C=O) groups excluding carboxylic acids is 1. The fraction of sp³-hybridized carbons (Fsp3) is 0.917. The highest BCUT2D eigenvalue weighted by Gasteiger charge is 2.23. The standard InChI is InChI=1S/C12H20O2S/c13-11(12-7-3-9-15-12)6-1-4-10-5-2-8-14-10/h10,12H,1-9H2. The van der Waals surface area contributed by atoms with Gasteiger partial charge in [-0.05, 0) is 44.3 Å². The molecule has 0 N–H and O–H groups in total. The molecule has 86 valence electrons. The summed E-state index contributed by atoms with van der Waals surface area (Å²) in [5.41, 5.74) is 0. The van der Waals surface area contributed by atoms with E-state index >= 15 is 0 Å². The van der Waals surface area contributed by atoms with E-state index in [0.717, 1.165) is 32.3 Å². The first kappa shape index (κ1) is 11.5. The Labute approximate surface area is 96.1 Å². The van der Waals surface area contributed by atoms with Gasteiger partial charge in [0.25, 0.3) is 0 Å². The lowest BCUT2D eigenvalue weighted by atomic mass is 10.0. The molecule has 0 aliphatic carbocycles. The quantitative estimate of drug-likeness (QED) is 0.724. The van der Waals surface area contributed by atoms with Crippen LogP contribution in [0.25, 0.3) is 0 Å². The molecule has 2 heterocycles. The summed E-state index contributed by atoms with van der Waals surface area (Å²) in [6.45, 7) is 0.928. The molecule has 2 rings (SSSR count). The molecule has 2 saturated heterocycles. The van der Waals surface area contributed by atoms with Gasteiger partial charge in [-0.2, -0.15) is 11.8 Å². The zero-order chi connectivity index (χ0) is 10.5. The molecule has 0 spiro atoms. The van der Waals surface area contributed by atoms with E-state index < -0.39 is 0 Å². The van der Waals surface area contributed by atoms with Gasteiger partial charge in [-0.15, -0.1) is 0 Å². The number of rotatable bonds is 5. The van der Waals surface area contributed by atoms with E-state index in [1.807, 2.05) is 11.8 Å². The van der Waals surface area contributed by atoms with Crippen LogP contribution in [0.2, 0.25) is 0 Å². The molecule has 2 nitrogen and oxygen atoms in total. The van der Waals surface area contributed by atoms with Crippen molar-refractivity contribution in [3.05, 3.63) is 0 Å². The van der Waals surface area contributed by atoms with Crippen molar-refractivity contribution in [2.24, 2.45) is 0 Å². The molecule has 3 heteroatoms.